The number of carbonyl (C=O) groups excluding carboxylic acids is 1. The molecule has 0 radical (unpaired) electrons. The molecular weight excluding hydrogens is 268 g/mol. The summed E-state index contributed by atoms with van der Waals surface area (Å²) < 4.78 is 0. The second kappa shape index (κ2) is 5.57. The third-order valence-electron chi connectivity index (χ3n) is 4.36. The van der Waals surface area contributed by atoms with Crippen LogP contribution in [0.5, 0.6) is 0 Å². The second-order valence-electron chi connectivity index (χ2n) is 5.81. The lowest BCUT2D eigenvalue weighted by atomic mass is 9.68. The van der Waals surface area contributed by atoms with E-state index in [1.54, 1.807) is 18.0 Å². The molecular formula is C16H18N2OS. The lowest BCUT2D eigenvalue weighted by Crippen LogP contribution is -2.31. The molecule has 0 spiro atoms. The van der Waals surface area contributed by atoms with Crippen LogP contribution < -0.4 is 0 Å². The molecule has 0 atom stereocenters. The molecule has 1 heterocycles. The van der Waals surface area contributed by atoms with Crippen LogP contribution in [0.3, 0.4) is 0 Å². The first-order valence-corrected chi connectivity index (χ1v) is 8.16. The zero-order chi connectivity index (χ0) is 14.0. The number of terminal acetylenes is 1. The van der Waals surface area contributed by atoms with Gasteiger partial charge in [0, 0.05) is 24.8 Å². The third kappa shape index (κ3) is 2.60. The van der Waals surface area contributed by atoms with Gasteiger partial charge in [-0.1, -0.05) is 18.2 Å². The minimum Gasteiger partial charge on any atom is -0.294 e. The van der Waals surface area contributed by atoms with E-state index < -0.39 is 0 Å². The van der Waals surface area contributed by atoms with Crippen molar-refractivity contribution in [1.29, 1.82) is 0 Å². The van der Waals surface area contributed by atoms with Crippen LogP contribution in [0.4, 0.5) is 0 Å². The smallest absolute Gasteiger partial charge is 0.187 e. The van der Waals surface area contributed by atoms with Crippen molar-refractivity contribution in [2.45, 2.75) is 50.1 Å². The normalized spacial score (nSPS) is 19.9. The number of fused-ring (bicyclic) bond motifs is 1. The predicted molar refractivity (Wildman–Crippen MR) is 79.8 cm³/mol. The molecule has 20 heavy (non-hydrogen) atoms. The minimum atomic E-state index is 0.186. The summed E-state index contributed by atoms with van der Waals surface area (Å²) in [6.45, 7) is 0. The molecule has 0 aromatic carbocycles. The van der Waals surface area contributed by atoms with E-state index in [0.29, 0.717) is 11.8 Å². The summed E-state index contributed by atoms with van der Waals surface area (Å²) >= 11 is 1.69. The van der Waals surface area contributed by atoms with Crippen molar-refractivity contribution in [3.63, 3.8) is 0 Å². The quantitative estimate of drug-likeness (QED) is 0.484. The van der Waals surface area contributed by atoms with E-state index in [4.69, 9.17) is 6.42 Å². The molecule has 1 fully saturated rings. The fourth-order valence-corrected chi connectivity index (χ4v) is 4.05. The Morgan fingerprint density at radius 2 is 2.20 bits per heavy atom. The van der Waals surface area contributed by atoms with Gasteiger partial charge in [-0.3, -0.25) is 4.79 Å². The highest BCUT2D eigenvalue weighted by Crippen LogP contribution is 2.46. The minimum absolute atomic E-state index is 0.186. The standard InChI is InChI=1S/C16H18N2OS/c1-2-7-16(8-4-9-16)11-20-15-17-10-12-13(18-15)5-3-6-14(12)19/h1,10H,3-9,11H2. The molecule has 0 unspecified atom stereocenters. The first-order chi connectivity index (χ1) is 9.72. The zero-order valence-electron chi connectivity index (χ0n) is 11.5. The number of hydrogen-bond donors (Lipinski definition) is 0. The Morgan fingerprint density at radius 1 is 1.35 bits per heavy atom. The Morgan fingerprint density at radius 3 is 2.90 bits per heavy atom. The highest BCUT2D eigenvalue weighted by atomic mass is 32.2. The van der Waals surface area contributed by atoms with E-state index in [1.165, 1.54) is 19.3 Å². The van der Waals surface area contributed by atoms with Crippen molar-refractivity contribution in [2.24, 2.45) is 5.41 Å². The SMILES string of the molecule is C#CCC1(CSc2ncc3c(n2)CCCC3=O)CCC1. The molecule has 1 aromatic heterocycles. The first-order valence-electron chi connectivity index (χ1n) is 7.18. The summed E-state index contributed by atoms with van der Waals surface area (Å²) in [5.41, 5.74) is 1.95. The van der Waals surface area contributed by atoms with Gasteiger partial charge >= 0.3 is 0 Å². The Labute approximate surface area is 124 Å². The van der Waals surface area contributed by atoms with Gasteiger partial charge in [-0.25, -0.2) is 9.97 Å². The van der Waals surface area contributed by atoms with Crippen LogP contribution in [0.1, 0.15) is 54.6 Å². The van der Waals surface area contributed by atoms with E-state index in [0.717, 1.165) is 41.4 Å². The number of carbonyl (C=O) groups is 1. The summed E-state index contributed by atoms with van der Waals surface area (Å²) in [6.07, 6.45) is 14.2. The lowest BCUT2D eigenvalue weighted by Gasteiger charge is -2.40. The second-order valence-corrected chi connectivity index (χ2v) is 6.76. The molecule has 3 rings (SSSR count). The van der Waals surface area contributed by atoms with Crippen LogP contribution in [0.15, 0.2) is 11.4 Å². The lowest BCUT2D eigenvalue weighted by molar-refractivity contribution is 0.0970. The summed E-state index contributed by atoms with van der Waals surface area (Å²) in [7, 11) is 0. The molecule has 1 aromatic rings. The average molecular weight is 286 g/mol. The van der Waals surface area contributed by atoms with Crippen LogP contribution in [0, 0.1) is 17.8 Å². The van der Waals surface area contributed by atoms with Gasteiger partial charge in [0.15, 0.2) is 10.9 Å². The summed E-state index contributed by atoms with van der Waals surface area (Å²) in [5, 5.41) is 0.793. The van der Waals surface area contributed by atoms with Crippen molar-refractivity contribution >= 4 is 17.5 Å². The maximum atomic E-state index is 11.7. The van der Waals surface area contributed by atoms with Crippen LogP contribution in [0.2, 0.25) is 0 Å². The zero-order valence-corrected chi connectivity index (χ0v) is 12.3. The highest BCUT2D eigenvalue weighted by molar-refractivity contribution is 7.99. The van der Waals surface area contributed by atoms with Crippen LogP contribution >= 0.6 is 11.8 Å². The molecule has 104 valence electrons. The first kappa shape index (κ1) is 13.6. The summed E-state index contributed by atoms with van der Waals surface area (Å²) in [5.74, 6) is 3.98. The van der Waals surface area contributed by atoms with E-state index in [9.17, 15) is 4.79 Å². The monoisotopic (exact) mass is 286 g/mol. The van der Waals surface area contributed by atoms with Gasteiger partial charge in [0.25, 0.3) is 0 Å². The highest BCUT2D eigenvalue weighted by Gasteiger charge is 2.36. The van der Waals surface area contributed by atoms with Crippen LogP contribution in [-0.2, 0) is 6.42 Å². The van der Waals surface area contributed by atoms with Crippen molar-refractivity contribution in [3.8, 4) is 12.3 Å². The number of hydrogen-bond acceptors (Lipinski definition) is 4. The molecule has 3 nitrogen and oxygen atoms in total. The van der Waals surface area contributed by atoms with Gasteiger partial charge < -0.3 is 0 Å². The largest absolute Gasteiger partial charge is 0.294 e. The average Bonchev–Trinajstić information content (AvgIpc) is 2.42. The summed E-state index contributed by atoms with van der Waals surface area (Å²) in [4.78, 5) is 20.7. The number of rotatable bonds is 4. The number of ketones is 1. The molecule has 1 saturated carbocycles. The molecule has 0 N–H and O–H groups in total. The van der Waals surface area contributed by atoms with Crippen molar-refractivity contribution in [1.82, 2.24) is 9.97 Å². The van der Waals surface area contributed by atoms with E-state index >= 15 is 0 Å². The fraction of sp³-hybridized carbons (Fsp3) is 0.562. The van der Waals surface area contributed by atoms with E-state index in [-0.39, 0.29) is 5.78 Å². The molecule has 2 aliphatic rings. The van der Waals surface area contributed by atoms with E-state index in [1.807, 2.05) is 0 Å². The number of aromatic nitrogens is 2. The fourth-order valence-electron chi connectivity index (χ4n) is 2.93. The Balaban J connectivity index is 1.69. The maximum absolute atomic E-state index is 11.7. The van der Waals surface area contributed by atoms with E-state index in [2.05, 4.69) is 15.9 Å². The van der Waals surface area contributed by atoms with Gasteiger partial charge in [-0.15, -0.1) is 12.3 Å². The van der Waals surface area contributed by atoms with Gasteiger partial charge in [-0.05, 0) is 31.1 Å². The topological polar surface area (TPSA) is 42.9 Å². The Bertz CT molecular complexity index is 572. The van der Waals surface area contributed by atoms with Crippen molar-refractivity contribution in [2.75, 3.05) is 5.75 Å². The molecule has 4 heteroatoms. The number of nitrogens with zero attached hydrogens (tertiary/aromatic N) is 2. The van der Waals surface area contributed by atoms with Gasteiger partial charge in [0.2, 0.25) is 0 Å². The molecule has 2 aliphatic carbocycles. The molecule has 0 aliphatic heterocycles. The molecule has 0 bridgehead atoms. The van der Waals surface area contributed by atoms with Crippen molar-refractivity contribution < 1.29 is 4.79 Å². The van der Waals surface area contributed by atoms with Gasteiger partial charge in [0.05, 0.1) is 11.3 Å². The third-order valence-corrected chi connectivity index (χ3v) is 5.57. The Kier molecular flexibility index (Phi) is 3.80. The maximum Gasteiger partial charge on any atom is 0.187 e. The summed E-state index contributed by atoms with van der Waals surface area (Å²) in [6, 6.07) is 0. The van der Waals surface area contributed by atoms with Crippen LogP contribution in [0.25, 0.3) is 0 Å². The number of Topliss-reactive ketones (excluding diaryl/α,β-unsaturated/α-hetero) is 1. The van der Waals surface area contributed by atoms with Gasteiger partial charge in [0.1, 0.15) is 0 Å². The molecule has 0 saturated heterocycles. The van der Waals surface area contributed by atoms with Gasteiger partial charge in [-0.2, -0.15) is 0 Å². The predicted octanol–water partition coefficient (Wildman–Crippen LogP) is 3.28. The molecule has 0 amide bonds. The Hall–Kier alpha value is -1.34. The number of thioether (sulfide) groups is 1. The number of aryl methyl sites for hydroxylation is 1. The van der Waals surface area contributed by atoms with Crippen LogP contribution in [-0.4, -0.2) is 21.5 Å². The van der Waals surface area contributed by atoms with Crippen molar-refractivity contribution in [3.05, 3.63) is 17.5 Å².